The minimum absolute atomic E-state index is 0.673. The molecular weight excluding hydrogens is 324 g/mol. The number of alkyl halides is 1. The van der Waals surface area contributed by atoms with Gasteiger partial charge in [-0.2, -0.15) is 0 Å². The van der Waals surface area contributed by atoms with Gasteiger partial charge in [0.05, 0.1) is 0 Å². The predicted octanol–water partition coefficient (Wildman–Crippen LogP) is 2.54. The lowest BCUT2D eigenvalue weighted by atomic mass is 9.99. The van der Waals surface area contributed by atoms with Gasteiger partial charge in [0.1, 0.15) is 0 Å². The predicted molar refractivity (Wildman–Crippen MR) is 70.4 cm³/mol. The maximum absolute atomic E-state index is 5.84. The number of hydrogen-bond donors (Lipinski definition) is 0. The number of hydrogen-bond acceptors (Lipinski definition) is 3. The van der Waals surface area contributed by atoms with E-state index in [4.69, 9.17) is 11.6 Å². The van der Waals surface area contributed by atoms with E-state index in [1.165, 1.54) is 0 Å². The molecule has 1 aliphatic rings. The lowest BCUT2D eigenvalue weighted by Crippen LogP contribution is -2.35. The minimum atomic E-state index is 0.673. The van der Waals surface area contributed by atoms with Crippen molar-refractivity contribution >= 4 is 40.1 Å². The highest BCUT2D eigenvalue weighted by molar-refractivity contribution is 14.1. The van der Waals surface area contributed by atoms with E-state index >= 15 is 0 Å². The van der Waals surface area contributed by atoms with Crippen LogP contribution in [0.1, 0.15) is 12.8 Å². The summed E-state index contributed by atoms with van der Waals surface area (Å²) in [5, 5.41) is 0. The molecule has 2 rings (SSSR count). The Hall–Kier alpha value is -0.100. The number of rotatable bonds is 2. The van der Waals surface area contributed by atoms with E-state index in [-0.39, 0.29) is 0 Å². The van der Waals surface area contributed by atoms with Crippen molar-refractivity contribution in [2.45, 2.75) is 12.8 Å². The van der Waals surface area contributed by atoms with Gasteiger partial charge in [-0.3, -0.25) is 0 Å². The number of nitrogens with zero attached hydrogens (tertiary/aromatic N) is 3. The van der Waals surface area contributed by atoms with Crippen molar-refractivity contribution < 1.29 is 0 Å². The van der Waals surface area contributed by atoms with Gasteiger partial charge in [0.15, 0.2) is 0 Å². The third-order valence-corrected chi connectivity index (χ3v) is 3.72. The van der Waals surface area contributed by atoms with Gasteiger partial charge in [0.25, 0.3) is 0 Å². The van der Waals surface area contributed by atoms with Crippen molar-refractivity contribution in [1.82, 2.24) is 9.97 Å². The van der Waals surface area contributed by atoms with Crippen LogP contribution in [0.5, 0.6) is 0 Å². The van der Waals surface area contributed by atoms with Crippen molar-refractivity contribution in [3.05, 3.63) is 16.0 Å². The van der Waals surface area contributed by atoms with Gasteiger partial charge in [0, 0.05) is 34.9 Å². The lowest BCUT2D eigenvalue weighted by molar-refractivity contribution is 0.438. The highest BCUT2D eigenvalue weighted by atomic mass is 127. The second kappa shape index (κ2) is 5.30. The maximum Gasteiger partial charge on any atom is 0.225 e. The van der Waals surface area contributed by atoms with E-state index in [0.29, 0.717) is 5.92 Å². The number of aromatic nitrogens is 2. The van der Waals surface area contributed by atoms with Crippen molar-refractivity contribution in [2.75, 3.05) is 23.9 Å². The molecule has 0 saturated carbocycles. The number of anilines is 1. The standard InChI is InChI=1S/C10H13ClIN3/c11-5-8-1-3-15(4-2-8)10-13-6-9(12)7-14-10/h6-8H,1-5H2. The molecule has 5 heteroatoms. The molecule has 1 fully saturated rings. The molecule has 0 aromatic carbocycles. The fourth-order valence-corrected chi connectivity index (χ4v) is 2.34. The Kier molecular flexibility index (Phi) is 4.02. The van der Waals surface area contributed by atoms with Gasteiger partial charge in [-0.25, -0.2) is 9.97 Å². The Bertz CT molecular complexity index is 309. The number of halogens is 2. The molecule has 3 nitrogen and oxygen atoms in total. The average molecular weight is 338 g/mol. The monoisotopic (exact) mass is 337 g/mol. The fraction of sp³-hybridized carbons (Fsp3) is 0.600. The van der Waals surface area contributed by atoms with Gasteiger partial charge in [-0.1, -0.05) is 0 Å². The molecule has 1 aliphatic heterocycles. The van der Waals surface area contributed by atoms with Crippen molar-refractivity contribution in [2.24, 2.45) is 5.92 Å². The summed E-state index contributed by atoms with van der Waals surface area (Å²) in [6.45, 7) is 2.05. The van der Waals surface area contributed by atoms with Crippen LogP contribution in [0.2, 0.25) is 0 Å². The van der Waals surface area contributed by atoms with E-state index in [9.17, 15) is 0 Å². The summed E-state index contributed by atoms with van der Waals surface area (Å²) in [5.74, 6) is 2.30. The lowest BCUT2D eigenvalue weighted by Gasteiger charge is -2.30. The van der Waals surface area contributed by atoms with E-state index < -0.39 is 0 Å². The molecule has 1 aromatic rings. The Morgan fingerprint density at radius 3 is 2.47 bits per heavy atom. The SMILES string of the molecule is ClCC1CCN(c2ncc(I)cn2)CC1. The van der Waals surface area contributed by atoms with Crippen LogP contribution in [0, 0.1) is 9.49 Å². The molecule has 82 valence electrons. The zero-order chi connectivity index (χ0) is 10.7. The van der Waals surface area contributed by atoms with E-state index in [1.807, 2.05) is 12.4 Å². The molecule has 0 unspecified atom stereocenters. The second-order valence-corrected chi connectivity index (χ2v) is 5.34. The molecule has 0 bridgehead atoms. The fourth-order valence-electron chi connectivity index (χ4n) is 1.76. The van der Waals surface area contributed by atoms with Crippen LogP contribution in [0.3, 0.4) is 0 Å². The first kappa shape index (κ1) is 11.4. The molecule has 0 amide bonds. The molecule has 1 aromatic heterocycles. The molecule has 0 atom stereocenters. The molecule has 1 saturated heterocycles. The summed E-state index contributed by atoms with van der Waals surface area (Å²) in [6.07, 6.45) is 6.02. The van der Waals surface area contributed by atoms with Crippen LogP contribution >= 0.6 is 34.2 Å². The summed E-state index contributed by atoms with van der Waals surface area (Å²) in [7, 11) is 0. The topological polar surface area (TPSA) is 29.0 Å². The normalized spacial score (nSPS) is 18.1. The van der Waals surface area contributed by atoms with Crippen molar-refractivity contribution in [1.29, 1.82) is 0 Å². The summed E-state index contributed by atoms with van der Waals surface area (Å²) in [5.41, 5.74) is 0. The van der Waals surface area contributed by atoms with Gasteiger partial charge >= 0.3 is 0 Å². The zero-order valence-corrected chi connectivity index (χ0v) is 11.3. The smallest absolute Gasteiger partial charge is 0.225 e. The Labute approximate surface area is 108 Å². The van der Waals surface area contributed by atoms with Crippen LogP contribution in [-0.4, -0.2) is 28.9 Å². The van der Waals surface area contributed by atoms with Gasteiger partial charge in [-0.15, -0.1) is 11.6 Å². The zero-order valence-electron chi connectivity index (χ0n) is 8.37. The van der Waals surface area contributed by atoms with Crippen LogP contribution < -0.4 is 4.90 Å². The molecule has 2 heterocycles. The highest BCUT2D eigenvalue weighted by Gasteiger charge is 2.19. The van der Waals surface area contributed by atoms with Crippen LogP contribution in [0.25, 0.3) is 0 Å². The Morgan fingerprint density at radius 1 is 1.33 bits per heavy atom. The Morgan fingerprint density at radius 2 is 1.93 bits per heavy atom. The number of piperidine rings is 1. The molecule has 0 aliphatic carbocycles. The van der Waals surface area contributed by atoms with E-state index in [2.05, 4.69) is 37.5 Å². The van der Waals surface area contributed by atoms with E-state index in [1.54, 1.807) is 0 Å². The molecule has 0 radical (unpaired) electrons. The third kappa shape index (κ3) is 2.93. The van der Waals surface area contributed by atoms with Gasteiger partial charge in [-0.05, 0) is 41.4 Å². The van der Waals surface area contributed by atoms with Crippen LogP contribution in [-0.2, 0) is 0 Å². The first-order valence-electron chi connectivity index (χ1n) is 5.08. The molecule has 15 heavy (non-hydrogen) atoms. The van der Waals surface area contributed by atoms with E-state index in [0.717, 1.165) is 41.3 Å². The van der Waals surface area contributed by atoms with Crippen molar-refractivity contribution in [3.8, 4) is 0 Å². The quantitative estimate of drug-likeness (QED) is 0.613. The summed E-state index contributed by atoms with van der Waals surface area (Å²) in [4.78, 5) is 10.9. The molecule has 0 spiro atoms. The first-order chi connectivity index (χ1) is 7.29. The second-order valence-electron chi connectivity index (χ2n) is 3.79. The summed E-state index contributed by atoms with van der Waals surface area (Å²) >= 11 is 8.06. The largest absolute Gasteiger partial charge is 0.341 e. The van der Waals surface area contributed by atoms with Gasteiger partial charge in [0.2, 0.25) is 5.95 Å². The van der Waals surface area contributed by atoms with Gasteiger partial charge < -0.3 is 4.90 Å². The van der Waals surface area contributed by atoms with Crippen molar-refractivity contribution in [3.63, 3.8) is 0 Å². The summed E-state index contributed by atoms with van der Waals surface area (Å²) < 4.78 is 1.08. The highest BCUT2D eigenvalue weighted by Crippen LogP contribution is 2.21. The molecule has 0 N–H and O–H groups in total. The van der Waals surface area contributed by atoms with Crippen LogP contribution in [0.15, 0.2) is 12.4 Å². The third-order valence-electron chi connectivity index (χ3n) is 2.72. The molecular formula is C10H13ClIN3. The first-order valence-corrected chi connectivity index (χ1v) is 6.69. The maximum atomic E-state index is 5.84. The van der Waals surface area contributed by atoms with Crippen LogP contribution in [0.4, 0.5) is 5.95 Å². The average Bonchev–Trinajstić information content (AvgIpc) is 2.30. The Balaban J connectivity index is 1.98. The minimum Gasteiger partial charge on any atom is -0.341 e. The summed E-state index contributed by atoms with van der Waals surface area (Å²) in [6, 6.07) is 0.